The predicted octanol–water partition coefficient (Wildman–Crippen LogP) is 3.89. The molecular formula is C20H18F5N5O2. The molecular weight excluding hydrogens is 437 g/mol. The van der Waals surface area contributed by atoms with Crippen LogP contribution in [0.5, 0.6) is 5.88 Å². The van der Waals surface area contributed by atoms with Gasteiger partial charge in [0.15, 0.2) is 5.82 Å². The highest BCUT2D eigenvalue weighted by atomic mass is 19.4. The largest absolute Gasteiger partial charge is 0.473 e. The minimum absolute atomic E-state index is 0.00580. The van der Waals surface area contributed by atoms with Crippen molar-refractivity contribution in [1.82, 2.24) is 24.9 Å². The average Bonchev–Trinajstić information content (AvgIpc) is 3.27. The minimum Gasteiger partial charge on any atom is -0.473 e. The van der Waals surface area contributed by atoms with E-state index in [4.69, 9.17) is 4.74 Å². The number of benzene rings is 1. The van der Waals surface area contributed by atoms with Gasteiger partial charge in [0.2, 0.25) is 5.88 Å². The maximum Gasteiger partial charge on any atom is 0.417 e. The molecule has 1 atom stereocenters. The van der Waals surface area contributed by atoms with Gasteiger partial charge >= 0.3 is 6.18 Å². The lowest BCUT2D eigenvalue weighted by atomic mass is 10.1. The van der Waals surface area contributed by atoms with Gasteiger partial charge in [-0.3, -0.25) is 4.79 Å². The second kappa shape index (κ2) is 9.28. The first-order valence-electron chi connectivity index (χ1n) is 9.44. The van der Waals surface area contributed by atoms with E-state index in [0.717, 1.165) is 12.1 Å². The van der Waals surface area contributed by atoms with E-state index in [1.165, 1.54) is 28.2 Å². The molecule has 0 spiro atoms. The van der Waals surface area contributed by atoms with Crippen molar-refractivity contribution in [3.63, 3.8) is 0 Å². The van der Waals surface area contributed by atoms with E-state index in [2.05, 4.69) is 15.2 Å². The number of hydrogen-bond donors (Lipinski definition) is 0. The first kappa shape index (κ1) is 23.1. The summed E-state index contributed by atoms with van der Waals surface area (Å²) < 4.78 is 71.0. The molecule has 0 N–H and O–H groups in total. The molecule has 32 heavy (non-hydrogen) atoms. The number of carbonyl (C=O) groups is 1. The van der Waals surface area contributed by atoms with Crippen LogP contribution in [0.25, 0.3) is 5.69 Å². The summed E-state index contributed by atoms with van der Waals surface area (Å²) >= 11 is 0. The molecule has 0 fully saturated rings. The van der Waals surface area contributed by atoms with Crippen LogP contribution < -0.4 is 4.74 Å². The van der Waals surface area contributed by atoms with Gasteiger partial charge in [-0.1, -0.05) is 0 Å². The number of amides is 1. The number of rotatable bonds is 7. The van der Waals surface area contributed by atoms with Crippen LogP contribution in [0.2, 0.25) is 0 Å². The summed E-state index contributed by atoms with van der Waals surface area (Å²) in [5.74, 6) is -3.10. The van der Waals surface area contributed by atoms with E-state index in [1.807, 2.05) is 0 Å². The fraction of sp³-hybridized carbons (Fsp3) is 0.300. The molecule has 0 aliphatic rings. The van der Waals surface area contributed by atoms with Gasteiger partial charge in [-0.05, 0) is 38.1 Å². The topological polar surface area (TPSA) is 73.1 Å². The van der Waals surface area contributed by atoms with Gasteiger partial charge in [0.1, 0.15) is 12.4 Å². The zero-order chi connectivity index (χ0) is 23.5. The Morgan fingerprint density at radius 1 is 1.19 bits per heavy atom. The quantitative estimate of drug-likeness (QED) is 0.506. The van der Waals surface area contributed by atoms with Crippen molar-refractivity contribution in [3.8, 4) is 11.6 Å². The molecule has 3 rings (SSSR count). The van der Waals surface area contributed by atoms with Crippen molar-refractivity contribution < 1.29 is 31.5 Å². The fourth-order valence-corrected chi connectivity index (χ4v) is 2.98. The van der Waals surface area contributed by atoms with Crippen LogP contribution in [0.3, 0.4) is 0 Å². The highest BCUT2D eigenvalue weighted by Gasteiger charge is 2.32. The van der Waals surface area contributed by atoms with Crippen molar-refractivity contribution in [1.29, 1.82) is 0 Å². The number of likely N-dealkylation sites (N-methyl/N-ethyl adjacent to an activating group) is 1. The van der Waals surface area contributed by atoms with E-state index < -0.39 is 41.2 Å². The molecule has 2 aromatic heterocycles. The fourth-order valence-electron chi connectivity index (χ4n) is 2.98. The molecule has 12 heteroatoms. The van der Waals surface area contributed by atoms with E-state index >= 15 is 0 Å². The third-order valence-corrected chi connectivity index (χ3v) is 4.55. The Morgan fingerprint density at radius 3 is 2.47 bits per heavy atom. The normalized spacial score (nSPS) is 12.5. The number of aromatic nitrogens is 4. The lowest BCUT2D eigenvalue weighted by Crippen LogP contribution is -2.42. The summed E-state index contributed by atoms with van der Waals surface area (Å²) in [6.07, 6.45) is -1.48. The Balaban J connectivity index is 1.78. The summed E-state index contributed by atoms with van der Waals surface area (Å²) in [5.41, 5.74) is -0.996. The van der Waals surface area contributed by atoms with E-state index in [0.29, 0.717) is 6.20 Å². The summed E-state index contributed by atoms with van der Waals surface area (Å²) in [6.45, 7) is 3.19. The maximum atomic E-state index is 14.0. The van der Waals surface area contributed by atoms with Crippen LogP contribution in [-0.2, 0) is 6.18 Å². The second-order valence-corrected chi connectivity index (χ2v) is 6.74. The van der Waals surface area contributed by atoms with Crippen LogP contribution >= 0.6 is 0 Å². The Morgan fingerprint density at radius 2 is 1.88 bits per heavy atom. The number of ether oxygens (including phenoxy) is 1. The third kappa shape index (κ3) is 5.01. The highest BCUT2D eigenvalue weighted by molar-refractivity contribution is 5.97. The van der Waals surface area contributed by atoms with Crippen LogP contribution in [0.1, 0.15) is 29.8 Å². The van der Waals surface area contributed by atoms with Crippen LogP contribution in [0, 0.1) is 11.6 Å². The number of pyridine rings is 1. The van der Waals surface area contributed by atoms with Gasteiger partial charge < -0.3 is 9.64 Å². The Kier molecular flexibility index (Phi) is 6.70. The molecule has 1 amide bonds. The number of alkyl halides is 3. The van der Waals surface area contributed by atoms with Gasteiger partial charge in [0.05, 0.1) is 35.2 Å². The SMILES string of the molecule is CCN(C(=O)c1cc(F)ccc1-n1nccn1)C(C)COc1ncc(C(F)(F)F)cc1F. The van der Waals surface area contributed by atoms with E-state index in [1.54, 1.807) is 13.8 Å². The number of halogens is 5. The zero-order valence-corrected chi connectivity index (χ0v) is 17.0. The summed E-state index contributed by atoms with van der Waals surface area (Å²) in [6, 6.07) is 3.20. The van der Waals surface area contributed by atoms with Gasteiger partial charge in [0, 0.05) is 12.7 Å². The summed E-state index contributed by atoms with van der Waals surface area (Å²) in [5, 5.41) is 7.91. The molecule has 1 aromatic carbocycles. The molecule has 7 nitrogen and oxygen atoms in total. The average molecular weight is 455 g/mol. The lowest BCUT2D eigenvalue weighted by molar-refractivity contribution is -0.138. The molecule has 170 valence electrons. The minimum atomic E-state index is -4.74. The van der Waals surface area contributed by atoms with Crippen LogP contribution in [-0.4, -0.2) is 50.0 Å². The molecule has 2 heterocycles. The number of nitrogens with zero attached hydrogens (tertiary/aromatic N) is 5. The molecule has 0 aliphatic carbocycles. The molecule has 0 bridgehead atoms. The van der Waals surface area contributed by atoms with Crippen molar-refractivity contribution in [2.75, 3.05) is 13.2 Å². The first-order chi connectivity index (χ1) is 15.1. The lowest BCUT2D eigenvalue weighted by Gasteiger charge is -2.28. The van der Waals surface area contributed by atoms with E-state index in [9.17, 15) is 26.7 Å². The van der Waals surface area contributed by atoms with Gasteiger partial charge in [-0.25, -0.2) is 13.8 Å². The molecule has 3 aromatic rings. The van der Waals surface area contributed by atoms with Crippen molar-refractivity contribution in [2.24, 2.45) is 0 Å². The Labute approximate surface area is 179 Å². The van der Waals surface area contributed by atoms with Crippen molar-refractivity contribution in [3.05, 3.63) is 65.6 Å². The molecule has 1 unspecified atom stereocenters. The second-order valence-electron chi connectivity index (χ2n) is 6.74. The van der Waals surface area contributed by atoms with Crippen molar-refractivity contribution >= 4 is 5.91 Å². The summed E-state index contributed by atoms with van der Waals surface area (Å²) in [7, 11) is 0. The molecule has 0 aliphatic heterocycles. The van der Waals surface area contributed by atoms with Gasteiger partial charge in [0.25, 0.3) is 5.91 Å². The zero-order valence-electron chi connectivity index (χ0n) is 17.0. The molecule has 0 radical (unpaired) electrons. The Bertz CT molecular complexity index is 1090. The third-order valence-electron chi connectivity index (χ3n) is 4.55. The maximum absolute atomic E-state index is 14.0. The molecule has 0 saturated carbocycles. The van der Waals surface area contributed by atoms with Gasteiger partial charge in [-0.15, -0.1) is 0 Å². The van der Waals surface area contributed by atoms with Crippen molar-refractivity contribution in [2.45, 2.75) is 26.1 Å². The predicted molar refractivity (Wildman–Crippen MR) is 102 cm³/mol. The summed E-state index contributed by atoms with van der Waals surface area (Å²) in [4.78, 5) is 19.0. The Hall–Kier alpha value is -3.57. The smallest absolute Gasteiger partial charge is 0.417 e. The number of hydrogen-bond acceptors (Lipinski definition) is 5. The van der Waals surface area contributed by atoms with E-state index in [-0.39, 0.29) is 30.5 Å². The highest BCUT2D eigenvalue weighted by Crippen LogP contribution is 2.30. The van der Waals surface area contributed by atoms with Crippen LogP contribution in [0.15, 0.2) is 42.9 Å². The molecule has 0 saturated heterocycles. The van der Waals surface area contributed by atoms with Crippen LogP contribution in [0.4, 0.5) is 22.0 Å². The first-order valence-corrected chi connectivity index (χ1v) is 9.44. The van der Waals surface area contributed by atoms with Gasteiger partial charge in [-0.2, -0.15) is 28.2 Å². The monoisotopic (exact) mass is 455 g/mol. The number of carbonyl (C=O) groups excluding carboxylic acids is 1. The standard InChI is InChI=1S/C20H18F5N5O2/c1-3-29(12(2)11-32-18-16(22)8-13(10-26-18)20(23,24)25)19(31)15-9-14(21)4-5-17(15)30-27-6-7-28-30/h4-10,12H,3,11H2,1-2H3.